The Balaban J connectivity index is 1.46. The standard InChI is InChI=1S/C31H31N5/c1-19-11-14-29(22(4)15-19)36-23(5)17-26(24(36)6)18-32-34-31-28-10-8-7-9-27(28)30(33-35-31)25-13-12-20(2)21(3)16-25/h7-18H,1-6H3,(H,34,35)/b32-18+. The molecule has 0 amide bonds. The largest absolute Gasteiger partial charge is 0.318 e. The van der Waals surface area contributed by atoms with E-state index in [1.165, 1.54) is 33.6 Å². The van der Waals surface area contributed by atoms with Gasteiger partial charge in [-0.05, 0) is 76.4 Å². The first-order valence-corrected chi connectivity index (χ1v) is 12.2. The van der Waals surface area contributed by atoms with Crippen LogP contribution in [0.25, 0.3) is 27.7 Å². The van der Waals surface area contributed by atoms with Gasteiger partial charge in [-0.15, -0.1) is 10.2 Å². The van der Waals surface area contributed by atoms with Gasteiger partial charge in [-0.25, -0.2) is 0 Å². The van der Waals surface area contributed by atoms with Gasteiger partial charge in [0, 0.05) is 39.0 Å². The Hall–Kier alpha value is -4.25. The Labute approximate surface area is 212 Å². The topological polar surface area (TPSA) is 55.1 Å². The van der Waals surface area contributed by atoms with E-state index in [2.05, 4.69) is 121 Å². The number of fused-ring (bicyclic) bond motifs is 1. The van der Waals surface area contributed by atoms with Crippen molar-refractivity contribution >= 4 is 22.8 Å². The molecule has 0 unspecified atom stereocenters. The van der Waals surface area contributed by atoms with Gasteiger partial charge in [-0.2, -0.15) is 5.10 Å². The highest BCUT2D eigenvalue weighted by Crippen LogP contribution is 2.31. The first kappa shape index (κ1) is 23.5. The molecule has 0 saturated heterocycles. The summed E-state index contributed by atoms with van der Waals surface area (Å²) >= 11 is 0. The van der Waals surface area contributed by atoms with Gasteiger partial charge in [0.25, 0.3) is 0 Å². The summed E-state index contributed by atoms with van der Waals surface area (Å²) in [7, 11) is 0. The molecule has 36 heavy (non-hydrogen) atoms. The first-order chi connectivity index (χ1) is 17.3. The Bertz CT molecular complexity index is 1620. The minimum atomic E-state index is 0.637. The van der Waals surface area contributed by atoms with Crippen LogP contribution in [0.2, 0.25) is 0 Å². The molecule has 5 nitrogen and oxygen atoms in total. The van der Waals surface area contributed by atoms with Crippen molar-refractivity contribution in [1.29, 1.82) is 0 Å². The molecule has 5 aromatic rings. The van der Waals surface area contributed by atoms with Gasteiger partial charge < -0.3 is 4.57 Å². The zero-order valence-corrected chi connectivity index (χ0v) is 21.7. The van der Waals surface area contributed by atoms with Crippen molar-refractivity contribution in [1.82, 2.24) is 14.8 Å². The number of aryl methyl sites for hydroxylation is 5. The summed E-state index contributed by atoms with van der Waals surface area (Å²) in [6.07, 6.45) is 1.86. The fraction of sp³-hybridized carbons (Fsp3) is 0.194. The molecule has 0 bridgehead atoms. The number of anilines is 1. The van der Waals surface area contributed by atoms with Gasteiger partial charge in [0.2, 0.25) is 0 Å². The van der Waals surface area contributed by atoms with Crippen LogP contribution in [0.4, 0.5) is 5.82 Å². The zero-order valence-electron chi connectivity index (χ0n) is 21.7. The second kappa shape index (κ2) is 9.42. The molecule has 0 aliphatic rings. The third-order valence-corrected chi connectivity index (χ3v) is 6.91. The molecule has 5 heteroatoms. The first-order valence-electron chi connectivity index (χ1n) is 12.2. The normalized spacial score (nSPS) is 11.5. The van der Waals surface area contributed by atoms with Gasteiger partial charge in [0.05, 0.1) is 6.21 Å². The second-order valence-corrected chi connectivity index (χ2v) is 9.56. The highest BCUT2D eigenvalue weighted by molar-refractivity contribution is 6.00. The fourth-order valence-electron chi connectivity index (χ4n) is 4.80. The van der Waals surface area contributed by atoms with E-state index in [0.29, 0.717) is 5.82 Å². The van der Waals surface area contributed by atoms with E-state index in [-0.39, 0.29) is 0 Å². The van der Waals surface area contributed by atoms with Crippen LogP contribution in [-0.4, -0.2) is 21.0 Å². The van der Waals surface area contributed by atoms with Gasteiger partial charge in [-0.3, -0.25) is 5.43 Å². The molecule has 3 aromatic carbocycles. The summed E-state index contributed by atoms with van der Waals surface area (Å²) < 4.78 is 2.28. The van der Waals surface area contributed by atoms with Crippen LogP contribution < -0.4 is 5.43 Å². The quantitative estimate of drug-likeness (QED) is 0.214. The van der Waals surface area contributed by atoms with Crippen LogP contribution in [0.15, 0.2) is 71.8 Å². The van der Waals surface area contributed by atoms with Crippen molar-refractivity contribution in [3.05, 3.63) is 106 Å². The maximum absolute atomic E-state index is 4.58. The van der Waals surface area contributed by atoms with E-state index in [4.69, 9.17) is 0 Å². The SMILES string of the molecule is Cc1ccc(-n2c(C)cc(/C=N/Nc3nnc(-c4ccc(C)c(C)c4)c4ccccc34)c2C)c(C)c1. The molecular formula is C31H31N5. The van der Waals surface area contributed by atoms with Crippen molar-refractivity contribution in [2.24, 2.45) is 5.10 Å². The minimum absolute atomic E-state index is 0.637. The number of nitrogens with one attached hydrogen (secondary N) is 1. The third-order valence-electron chi connectivity index (χ3n) is 6.91. The smallest absolute Gasteiger partial charge is 0.176 e. The Morgan fingerprint density at radius 3 is 2.28 bits per heavy atom. The van der Waals surface area contributed by atoms with Crippen LogP contribution in [0.1, 0.15) is 39.2 Å². The summed E-state index contributed by atoms with van der Waals surface area (Å²) in [6.45, 7) is 12.8. The van der Waals surface area contributed by atoms with Crippen LogP contribution in [0.3, 0.4) is 0 Å². The molecule has 0 aliphatic heterocycles. The lowest BCUT2D eigenvalue weighted by molar-refractivity contribution is 0.953. The number of benzene rings is 3. The summed E-state index contributed by atoms with van der Waals surface area (Å²) in [5.74, 6) is 0.637. The molecule has 0 fully saturated rings. The van der Waals surface area contributed by atoms with Gasteiger partial charge in [-0.1, -0.05) is 54.1 Å². The van der Waals surface area contributed by atoms with Crippen LogP contribution in [-0.2, 0) is 0 Å². The summed E-state index contributed by atoms with van der Waals surface area (Å²) in [6, 6.07) is 23.3. The lowest BCUT2D eigenvalue weighted by Crippen LogP contribution is -2.02. The fourth-order valence-corrected chi connectivity index (χ4v) is 4.80. The van der Waals surface area contributed by atoms with Crippen LogP contribution in [0, 0.1) is 41.5 Å². The van der Waals surface area contributed by atoms with E-state index < -0.39 is 0 Å². The summed E-state index contributed by atoms with van der Waals surface area (Å²) in [5.41, 5.74) is 14.7. The van der Waals surface area contributed by atoms with E-state index >= 15 is 0 Å². The second-order valence-electron chi connectivity index (χ2n) is 9.56. The molecule has 0 saturated carbocycles. The Kier molecular flexibility index (Phi) is 6.15. The van der Waals surface area contributed by atoms with E-state index in [9.17, 15) is 0 Å². The highest BCUT2D eigenvalue weighted by Gasteiger charge is 2.13. The molecule has 0 atom stereocenters. The molecule has 2 heterocycles. The highest BCUT2D eigenvalue weighted by atomic mass is 15.3. The maximum Gasteiger partial charge on any atom is 0.176 e. The Morgan fingerprint density at radius 2 is 1.53 bits per heavy atom. The van der Waals surface area contributed by atoms with Crippen molar-refractivity contribution in [3.8, 4) is 16.9 Å². The van der Waals surface area contributed by atoms with Crippen LogP contribution in [0.5, 0.6) is 0 Å². The van der Waals surface area contributed by atoms with Crippen LogP contribution >= 0.6 is 0 Å². The minimum Gasteiger partial charge on any atom is -0.318 e. The monoisotopic (exact) mass is 473 g/mol. The summed E-state index contributed by atoms with van der Waals surface area (Å²) in [5, 5.41) is 15.6. The predicted molar refractivity (Wildman–Crippen MR) is 150 cm³/mol. The average molecular weight is 474 g/mol. The van der Waals surface area contributed by atoms with E-state index in [0.717, 1.165) is 33.3 Å². The average Bonchev–Trinajstić information content (AvgIpc) is 3.14. The predicted octanol–water partition coefficient (Wildman–Crippen LogP) is 7.38. The van der Waals surface area contributed by atoms with E-state index in [1.807, 2.05) is 18.3 Å². The number of rotatable bonds is 5. The van der Waals surface area contributed by atoms with Gasteiger partial charge >= 0.3 is 0 Å². The van der Waals surface area contributed by atoms with Crippen molar-refractivity contribution in [2.75, 3.05) is 5.43 Å². The number of hydrazone groups is 1. The maximum atomic E-state index is 4.58. The zero-order chi connectivity index (χ0) is 25.4. The Morgan fingerprint density at radius 1 is 0.750 bits per heavy atom. The van der Waals surface area contributed by atoms with Crippen molar-refractivity contribution < 1.29 is 0 Å². The molecule has 180 valence electrons. The number of nitrogens with zero attached hydrogens (tertiary/aromatic N) is 4. The molecule has 2 aromatic heterocycles. The van der Waals surface area contributed by atoms with E-state index in [1.54, 1.807) is 0 Å². The lowest BCUT2D eigenvalue weighted by atomic mass is 10.0. The molecular weight excluding hydrogens is 442 g/mol. The molecule has 1 N–H and O–H groups in total. The molecule has 5 rings (SSSR count). The molecule has 0 aliphatic carbocycles. The summed E-state index contributed by atoms with van der Waals surface area (Å²) in [4.78, 5) is 0. The third kappa shape index (κ3) is 4.29. The molecule has 0 radical (unpaired) electrons. The number of aromatic nitrogens is 3. The van der Waals surface area contributed by atoms with Crippen molar-refractivity contribution in [2.45, 2.75) is 41.5 Å². The van der Waals surface area contributed by atoms with Gasteiger partial charge in [0.1, 0.15) is 5.69 Å². The number of hydrogen-bond donors (Lipinski definition) is 1. The van der Waals surface area contributed by atoms with Gasteiger partial charge in [0.15, 0.2) is 5.82 Å². The van der Waals surface area contributed by atoms with Crippen molar-refractivity contribution in [3.63, 3.8) is 0 Å². The lowest BCUT2D eigenvalue weighted by Gasteiger charge is -2.13. The number of hydrogen-bond acceptors (Lipinski definition) is 4. The molecule has 0 spiro atoms.